The molecule has 0 atom stereocenters. The van der Waals surface area contributed by atoms with Gasteiger partial charge in [-0.05, 0) is 19.4 Å². The largest absolute Gasteiger partial charge is 0.371 e. The van der Waals surface area contributed by atoms with Gasteiger partial charge in [-0.15, -0.1) is 0 Å². The van der Waals surface area contributed by atoms with Crippen LogP contribution in [0.3, 0.4) is 0 Å². The predicted octanol–water partition coefficient (Wildman–Crippen LogP) is 4.16. The number of allylic oxidation sites excluding steroid dienone is 1. The van der Waals surface area contributed by atoms with Gasteiger partial charge in [0, 0.05) is 42.6 Å². The standard InChI is InChI=1S/C19H20N2O3/c1-3-20(4-2)18(15-9-6-5-7-10-15)14-19(22)16-11-8-12-17(13-16)21(23)24/h5-14H,3-4H2,1-2H3. The number of hydrogen-bond acceptors (Lipinski definition) is 4. The topological polar surface area (TPSA) is 63.5 Å². The molecule has 2 rings (SSSR count). The second kappa shape index (κ2) is 8.06. The van der Waals surface area contributed by atoms with Crippen LogP contribution in [0.15, 0.2) is 60.7 Å². The maximum atomic E-state index is 12.6. The third-order valence-corrected chi connectivity index (χ3v) is 3.78. The highest BCUT2D eigenvalue weighted by molar-refractivity contribution is 6.08. The third-order valence-electron chi connectivity index (χ3n) is 3.78. The Hall–Kier alpha value is -2.95. The van der Waals surface area contributed by atoms with Gasteiger partial charge in [0.1, 0.15) is 0 Å². The summed E-state index contributed by atoms with van der Waals surface area (Å²) >= 11 is 0. The SMILES string of the molecule is CCN(CC)C(=CC(=O)c1cccc([N+](=O)[O-])c1)c1ccccc1. The van der Waals surface area contributed by atoms with Gasteiger partial charge in [-0.3, -0.25) is 14.9 Å². The van der Waals surface area contributed by atoms with E-state index in [0.29, 0.717) is 5.56 Å². The molecule has 0 aliphatic carbocycles. The number of rotatable bonds is 7. The van der Waals surface area contributed by atoms with E-state index in [0.717, 1.165) is 24.4 Å². The summed E-state index contributed by atoms with van der Waals surface area (Å²) in [6.07, 6.45) is 1.56. The number of ketones is 1. The lowest BCUT2D eigenvalue weighted by molar-refractivity contribution is -0.384. The van der Waals surface area contributed by atoms with Gasteiger partial charge >= 0.3 is 0 Å². The lowest BCUT2D eigenvalue weighted by Crippen LogP contribution is -2.22. The van der Waals surface area contributed by atoms with Crippen LogP contribution in [0.25, 0.3) is 5.70 Å². The van der Waals surface area contributed by atoms with Crippen molar-refractivity contribution in [2.75, 3.05) is 13.1 Å². The molecule has 24 heavy (non-hydrogen) atoms. The number of nitro benzene ring substituents is 1. The average Bonchev–Trinajstić information content (AvgIpc) is 2.62. The minimum Gasteiger partial charge on any atom is -0.371 e. The Morgan fingerprint density at radius 1 is 1.04 bits per heavy atom. The normalized spacial score (nSPS) is 11.2. The summed E-state index contributed by atoms with van der Waals surface area (Å²) < 4.78 is 0. The molecule has 0 N–H and O–H groups in total. The number of non-ortho nitro benzene ring substituents is 1. The van der Waals surface area contributed by atoms with Crippen molar-refractivity contribution in [3.8, 4) is 0 Å². The summed E-state index contributed by atoms with van der Waals surface area (Å²) in [6, 6.07) is 15.5. The van der Waals surface area contributed by atoms with Crippen molar-refractivity contribution in [2.45, 2.75) is 13.8 Å². The molecule has 0 radical (unpaired) electrons. The fraction of sp³-hybridized carbons (Fsp3) is 0.211. The van der Waals surface area contributed by atoms with E-state index in [1.165, 1.54) is 18.2 Å². The molecule has 0 aliphatic heterocycles. The van der Waals surface area contributed by atoms with Crippen LogP contribution in [0.4, 0.5) is 5.69 Å². The first kappa shape index (κ1) is 17.4. The minimum absolute atomic E-state index is 0.0849. The number of carbonyl (C=O) groups is 1. The van der Waals surface area contributed by atoms with E-state index >= 15 is 0 Å². The number of hydrogen-bond donors (Lipinski definition) is 0. The van der Waals surface area contributed by atoms with E-state index in [4.69, 9.17) is 0 Å². The quantitative estimate of drug-likeness (QED) is 0.332. The highest BCUT2D eigenvalue weighted by Crippen LogP contribution is 2.21. The molecule has 0 fully saturated rings. The zero-order valence-corrected chi connectivity index (χ0v) is 13.8. The van der Waals surface area contributed by atoms with Crippen LogP contribution in [-0.4, -0.2) is 28.7 Å². The molecule has 0 aliphatic rings. The Bertz CT molecular complexity index is 750. The van der Waals surface area contributed by atoms with Gasteiger partial charge < -0.3 is 4.90 Å². The van der Waals surface area contributed by atoms with Crippen LogP contribution in [0.5, 0.6) is 0 Å². The summed E-state index contributed by atoms with van der Waals surface area (Å²) in [5, 5.41) is 10.9. The number of nitro groups is 1. The molecule has 0 aromatic heterocycles. The highest BCUT2D eigenvalue weighted by Gasteiger charge is 2.14. The molecule has 0 saturated carbocycles. The summed E-state index contributed by atoms with van der Waals surface area (Å²) in [5.74, 6) is -0.246. The van der Waals surface area contributed by atoms with Gasteiger partial charge in [-0.2, -0.15) is 0 Å². The number of nitrogens with zero attached hydrogens (tertiary/aromatic N) is 2. The van der Waals surface area contributed by atoms with E-state index in [1.807, 2.05) is 44.2 Å². The fourth-order valence-corrected chi connectivity index (χ4v) is 2.51. The summed E-state index contributed by atoms with van der Waals surface area (Å²) in [6.45, 7) is 5.58. The van der Waals surface area contributed by atoms with Gasteiger partial charge in [-0.1, -0.05) is 42.5 Å². The van der Waals surface area contributed by atoms with Crippen molar-refractivity contribution in [3.63, 3.8) is 0 Å². The van der Waals surface area contributed by atoms with Gasteiger partial charge in [0.25, 0.3) is 5.69 Å². The molecule has 0 amide bonds. The van der Waals surface area contributed by atoms with E-state index < -0.39 is 4.92 Å². The molecule has 0 heterocycles. The monoisotopic (exact) mass is 324 g/mol. The number of carbonyl (C=O) groups excluding carboxylic acids is 1. The van der Waals surface area contributed by atoms with Crippen LogP contribution < -0.4 is 0 Å². The van der Waals surface area contributed by atoms with Gasteiger partial charge in [0.2, 0.25) is 0 Å². The van der Waals surface area contributed by atoms with Crippen LogP contribution >= 0.6 is 0 Å². The number of benzene rings is 2. The Morgan fingerprint density at radius 2 is 1.67 bits per heavy atom. The van der Waals surface area contributed by atoms with Crippen LogP contribution in [0.2, 0.25) is 0 Å². The molecule has 0 saturated heterocycles. The molecule has 2 aromatic carbocycles. The smallest absolute Gasteiger partial charge is 0.270 e. The third kappa shape index (κ3) is 4.07. The minimum atomic E-state index is -0.497. The molecule has 5 nitrogen and oxygen atoms in total. The fourth-order valence-electron chi connectivity index (χ4n) is 2.51. The second-order valence-corrected chi connectivity index (χ2v) is 5.24. The van der Waals surface area contributed by atoms with E-state index in [-0.39, 0.29) is 11.5 Å². The summed E-state index contributed by atoms with van der Waals surface area (Å²) in [4.78, 5) is 25.1. The first-order chi connectivity index (χ1) is 11.6. The molecular formula is C19H20N2O3. The maximum absolute atomic E-state index is 12.6. The molecule has 0 unspecified atom stereocenters. The van der Waals surface area contributed by atoms with Gasteiger partial charge in [-0.25, -0.2) is 0 Å². The van der Waals surface area contributed by atoms with Crippen LogP contribution in [0, 0.1) is 10.1 Å². The van der Waals surface area contributed by atoms with Crippen molar-refractivity contribution in [1.82, 2.24) is 4.90 Å². The van der Waals surface area contributed by atoms with Gasteiger partial charge in [0.15, 0.2) is 5.78 Å². The van der Waals surface area contributed by atoms with Gasteiger partial charge in [0.05, 0.1) is 4.92 Å². The maximum Gasteiger partial charge on any atom is 0.270 e. The molecule has 124 valence electrons. The molecular weight excluding hydrogens is 304 g/mol. The highest BCUT2D eigenvalue weighted by atomic mass is 16.6. The summed E-state index contributed by atoms with van der Waals surface area (Å²) in [7, 11) is 0. The zero-order chi connectivity index (χ0) is 17.5. The Kier molecular flexibility index (Phi) is 5.84. The van der Waals surface area contributed by atoms with E-state index in [2.05, 4.69) is 4.90 Å². The second-order valence-electron chi connectivity index (χ2n) is 5.24. The first-order valence-electron chi connectivity index (χ1n) is 7.87. The summed E-state index contributed by atoms with van der Waals surface area (Å²) in [5.41, 5.74) is 1.99. The average molecular weight is 324 g/mol. The van der Waals surface area contributed by atoms with Crippen molar-refractivity contribution in [1.29, 1.82) is 0 Å². The Labute approximate surface area is 141 Å². The van der Waals surface area contributed by atoms with Crippen LogP contribution in [0.1, 0.15) is 29.8 Å². The molecule has 2 aromatic rings. The van der Waals surface area contributed by atoms with Crippen molar-refractivity contribution >= 4 is 17.2 Å². The lowest BCUT2D eigenvalue weighted by atomic mass is 10.0. The Morgan fingerprint density at radius 3 is 2.25 bits per heavy atom. The lowest BCUT2D eigenvalue weighted by Gasteiger charge is -2.24. The molecule has 0 spiro atoms. The molecule has 5 heteroatoms. The van der Waals surface area contributed by atoms with Crippen molar-refractivity contribution in [2.24, 2.45) is 0 Å². The van der Waals surface area contributed by atoms with E-state index in [1.54, 1.807) is 12.1 Å². The zero-order valence-electron chi connectivity index (χ0n) is 13.8. The van der Waals surface area contributed by atoms with Crippen molar-refractivity contribution in [3.05, 3.63) is 81.9 Å². The Balaban J connectivity index is 2.44. The first-order valence-corrected chi connectivity index (χ1v) is 7.87. The van der Waals surface area contributed by atoms with E-state index in [9.17, 15) is 14.9 Å². The van der Waals surface area contributed by atoms with Crippen LogP contribution in [-0.2, 0) is 0 Å². The predicted molar refractivity (Wildman–Crippen MR) is 94.8 cm³/mol. The van der Waals surface area contributed by atoms with Crippen molar-refractivity contribution < 1.29 is 9.72 Å². The molecule has 0 bridgehead atoms.